The fourth-order valence-corrected chi connectivity index (χ4v) is 8.65. The first kappa shape index (κ1) is 38.0. The molecule has 0 bridgehead atoms. The Hall–Kier alpha value is -4.77. The topological polar surface area (TPSA) is 118 Å². The molecule has 4 aromatic carbocycles. The quantitative estimate of drug-likeness (QED) is 0.0800. The van der Waals surface area contributed by atoms with Crippen LogP contribution in [0.25, 0.3) is 33.4 Å². The van der Waals surface area contributed by atoms with E-state index < -0.39 is 20.7 Å². The van der Waals surface area contributed by atoms with Gasteiger partial charge in [-0.3, -0.25) is 0 Å². The molecule has 0 aromatic heterocycles. The Morgan fingerprint density at radius 1 is 0.792 bits per heavy atom. The maximum absolute atomic E-state index is 13.5. The van der Waals surface area contributed by atoms with Crippen LogP contribution in [-0.2, 0) is 20.7 Å². The van der Waals surface area contributed by atoms with Gasteiger partial charge in [0.15, 0.2) is 10.7 Å². The van der Waals surface area contributed by atoms with Gasteiger partial charge >= 0.3 is 0 Å². The molecule has 0 radical (unpaired) electrons. The van der Waals surface area contributed by atoms with E-state index in [0.29, 0.717) is 45.3 Å². The van der Waals surface area contributed by atoms with Crippen molar-refractivity contribution >= 4 is 48.8 Å². The first-order valence-corrected chi connectivity index (χ1v) is 20.8. The summed E-state index contributed by atoms with van der Waals surface area (Å²) in [6.07, 6.45) is 3.82. The number of nitrogens with one attached hydrogen (secondary N) is 2. The summed E-state index contributed by atoms with van der Waals surface area (Å²) in [5.74, 6) is 0.705. The molecule has 0 fully saturated rings. The summed E-state index contributed by atoms with van der Waals surface area (Å²) in [4.78, 5) is 4.72. The third-order valence-electron chi connectivity index (χ3n) is 9.82. The summed E-state index contributed by atoms with van der Waals surface area (Å²) in [6.45, 7) is 12.6. The third kappa shape index (κ3) is 8.56. The second-order valence-corrected chi connectivity index (χ2v) is 16.7. The number of aryl methyl sites for hydroxylation is 4. The number of thiol groups is 1. The number of fused-ring (bicyclic) bond motifs is 2. The summed E-state index contributed by atoms with van der Waals surface area (Å²) in [7, 11) is -7.16. The number of unbranched alkanes of at least 4 members (excludes halogenated alkanes) is 1. The molecule has 0 spiro atoms. The van der Waals surface area contributed by atoms with Gasteiger partial charge in [-0.15, -0.1) is 0 Å². The van der Waals surface area contributed by atoms with Crippen LogP contribution in [0.4, 0.5) is 17.1 Å². The van der Waals surface area contributed by atoms with Gasteiger partial charge in [0.25, 0.3) is 0 Å². The summed E-state index contributed by atoms with van der Waals surface area (Å²) in [5.41, 5.74) is 9.23. The summed E-state index contributed by atoms with van der Waals surface area (Å²) >= 11 is 0. The van der Waals surface area contributed by atoms with E-state index in [-0.39, 0.29) is 15.7 Å². The fourth-order valence-electron chi connectivity index (χ4n) is 6.79. The average molecular weight is 750 g/mol. The molecule has 0 amide bonds. The zero-order valence-corrected chi connectivity index (χ0v) is 32.8. The van der Waals surface area contributed by atoms with Gasteiger partial charge in [-0.2, -0.15) is 0 Å². The van der Waals surface area contributed by atoms with Crippen LogP contribution in [0.3, 0.4) is 0 Å². The molecule has 1 unspecified atom stereocenters. The molecule has 1 heterocycles. The van der Waals surface area contributed by atoms with Crippen LogP contribution in [-0.4, -0.2) is 23.4 Å². The van der Waals surface area contributed by atoms with Crippen molar-refractivity contribution in [3.63, 3.8) is 0 Å². The zero-order valence-electron chi connectivity index (χ0n) is 31.1. The second kappa shape index (κ2) is 16.1. The van der Waals surface area contributed by atoms with Gasteiger partial charge in [0.2, 0.25) is 10.0 Å². The van der Waals surface area contributed by atoms with Crippen molar-refractivity contribution in [1.29, 1.82) is 0 Å². The maximum atomic E-state index is 13.5. The molecule has 0 saturated carbocycles. The molecule has 1 aliphatic heterocycles. The van der Waals surface area contributed by atoms with Gasteiger partial charge in [0.1, 0.15) is 11.3 Å². The molecule has 1 aliphatic carbocycles. The Morgan fingerprint density at radius 3 is 2.23 bits per heavy atom. The molecule has 2 aliphatic rings. The van der Waals surface area contributed by atoms with E-state index in [2.05, 4.69) is 36.0 Å². The van der Waals surface area contributed by atoms with Crippen molar-refractivity contribution in [2.75, 3.05) is 11.9 Å². The van der Waals surface area contributed by atoms with Crippen LogP contribution in [0.5, 0.6) is 0 Å². The van der Waals surface area contributed by atoms with E-state index in [1.165, 1.54) is 17.7 Å². The van der Waals surface area contributed by atoms with Crippen molar-refractivity contribution in [3.05, 3.63) is 119 Å². The number of sulfonamides is 1. The molecule has 6 rings (SSSR count). The highest BCUT2D eigenvalue weighted by Crippen LogP contribution is 2.43. The number of hydrogen-bond acceptors (Lipinski definition) is 7. The van der Waals surface area contributed by atoms with Crippen molar-refractivity contribution in [3.8, 4) is 22.5 Å². The van der Waals surface area contributed by atoms with Gasteiger partial charge in [-0.05, 0) is 99.7 Å². The zero-order chi connectivity index (χ0) is 37.9. The standard InChI is InChI=1S/C43H47N3O5S2/c1-7-9-10-31(8-2)26-44-53(49,50)34-15-18-37(42(25-34)52(47)48)43-35-16-13-32(45-38-19-11-27(3)21-29(38)5)23-40(35)51-41-24-33(14-17-36(41)43)46-39-20-12-28(4)22-30(39)6/h11-25,31,44-45,52H,7-10,26H2,1-6H3/b46-33+. The lowest BCUT2D eigenvalue weighted by atomic mass is 9.93. The molecule has 8 nitrogen and oxygen atoms in total. The van der Waals surface area contributed by atoms with Gasteiger partial charge in [0, 0.05) is 52.1 Å². The summed E-state index contributed by atoms with van der Waals surface area (Å²) in [5, 5.41) is 4.85. The smallest absolute Gasteiger partial charge is 0.240 e. The average Bonchev–Trinajstić information content (AvgIpc) is 3.12. The molecule has 53 heavy (non-hydrogen) atoms. The fraction of sp³-hybridized carbons (Fsp3) is 0.279. The molecule has 2 N–H and O–H groups in total. The van der Waals surface area contributed by atoms with Gasteiger partial charge < -0.3 is 9.73 Å². The second-order valence-electron chi connectivity index (χ2n) is 13.9. The molecule has 4 aromatic rings. The van der Waals surface area contributed by atoms with E-state index in [0.717, 1.165) is 59.4 Å². The summed E-state index contributed by atoms with van der Waals surface area (Å²) in [6, 6.07) is 28.0. The van der Waals surface area contributed by atoms with Crippen LogP contribution < -0.4 is 15.4 Å². The van der Waals surface area contributed by atoms with Crippen LogP contribution in [0.1, 0.15) is 61.8 Å². The highest BCUT2D eigenvalue weighted by atomic mass is 32.2. The first-order valence-electron chi connectivity index (χ1n) is 18.1. The SMILES string of the molecule is CCCCC(CC)CNS(=O)(=O)c1ccc(-c2c3cc/c(=N\c4ccc(C)cc4C)cc-3oc3cc(Nc4ccc(C)cc4C)ccc23)c([SH](=O)=O)c1. The molecular weight excluding hydrogens is 703 g/mol. The van der Waals surface area contributed by atoms with E-state index in [4.69, 9.17) is 9.41 Å². The third-order valence-corrected chi connectivity index (χ3v) is 12.0. The maximum Gasteiger partial charge on any atom is 0.240 e. The Bertz CT molecular complexity index is 2530. The molecule has 0 saturated heterocycles. The highest BCUT2D eigenvalue weighted by molar-refractivity contribution is 7.89. The Labute approximate surface area is 314 Å². The minimum Gasteiger partial charge on any atom is -0.456 e. The van der Waals surface area contributed by atoms with Crippen molar-refractivity contribution in [1.82, 2.24) is 4.72 Å². The number of hydrogen-bond donors (Lipinski definition) is 3. The molecular formula is C43H47N3O5S2. The number of nitrogens with zero attached hydrogens (tertiary/aromatic N) is 1. The van der Waals surface area contributed by atoms with E-state index >= 15 is 0 Å². The lowest BCUT2D eigenvalue weighted by molar-refractivity contribution is 0.443. The minimum absolute atomic E-state index is 0.0868. The van der Waals surface area contributed by atoms with Crippen LogP contribution in [0, 0.1) is 33.6 Å². The van der Waals surface area contributed by atoms with Crippen LogP contribution >= 0.6 is 0 Å². The molecule has 10 heteroatoms. The van der Waals surface area contributed by atoms with E-state index in [9.17, 15) is 16.8 Å². The lowest BCUT2D eigenvalue weighted by Crippen LogP contribution is -2.29. The summed E-state index contributed by atoms with van der Waals surface area (Å²) < 4.78 is 62.2. The Morgan fingerprint density at radius 2 is 1.53 bits per heavy atom. The predicted octanol–water partition coefficient (Wildman–Crippen LogP) is 9.88. The van der Waals surface area contributed by atoms with Gasteiger partial charge in [0.05, 0.1) is 20.8 Å². The van der Waals surface area contributed by atoms with Gasteiger partial charge in [-0.25, -0.2) is 26.6 Å². The molecule has 276 valence electrons. The van der Waals surface area contributed by atoms with E-state index in [1.807, 2.05) is 88.4 Å². The number of benzene rings is 5. The Kier molecular flexibility index (Phi) is 11.5. The number of anilines is 2. The van der Waals surface area contributed by atoms with Gasteiger partial charge in [-0.1, -0.05) is 74.6 Å². The molecule has 1 atom stereocenters. The normalized spacial score (nSPS) is 12.9. The minimum atomic E-state index is -3.97. The van der Waals surface area contributed by atoms with Crippen molar-refractivity contribution < 1.29 is 21.3 Å². The van der Waals surface area contributed by atoms with E-state index in [1.54, 1.807) is 6.07 Å². The predicted molar refractivity (Wildman–Crippen MR) is 216 cm³/mol. The monoisotopic (exact) mass is 749 g/mol. The van der Waals surface area contributed by atoms with Crippen molar-refractivity contribution in [2.45, 2.75) is 77.0 Å². The van der Waals surface area contributed by atoms with Crippen LogP contribution in [0.15, 0.2) is 110 Å². The Balaban J connectivity index is 1.51. The largest absolute Gasteiger partial charge is 0.456 e. The van der Waals surface area contributed by atoms with Crippen molar-refractivity contribution in [2.24, 2.45) is 10.9 Å². The van der Waals surface area contributed by atoms with Crippen LogP contribution in [0.2, 0.25) is 0 Å². The number of rotatable bonds is 13. The highest BCUT2D eigenvalue weighted by Gasteiger charge is 2.24. The lowest BCUT2D eigenvalue weighted by Gasteiger charge is -2.19. The first-order chi connectivity index (χ1) is 25.4.